The molecule has 0 saturated heterocycles. The van der Waals surface area contributed by atoms with Gasteiger partial charge in [-0.2, -0.15) is 16.3 Å². The van der Waals surface area contributed by atoms with Crippen LogP contribution in [0.5, 0.6) is 5.75 Å². The number of fused-ring (bicyclic) bond motifs is 3. The van der Waals surface area contributed by atoms with Crippen LogP contribution in [0.1, 0.15) is 21.1 Å². The van der Waals surface area contributed by atoms with Gasteiger partial charge in [0.1, 0.15) is 17.2 Å². The molecule has 1 aliphatic heterocycles. The Morgan fingerprint density at radius 3 is 3.07 bits per heavy atom. The zero-order chi connectivity index (χ0) is 18.2. The van der Waals surface area contributed by atoms with Crippen molar-refractivity contribution in [1.29, 1.82) is 0 Å². The Morgan fingerprint density at radius 1 is 1.26 bits per heavy atom. The molecule has 0 spiro atoms. The fourth-order valence-corrected chi connectivity index (χ4v) is 4.55. The molecule has 0 fully saturated rings. The molecule has 0 amide bonds. The number of nitrogens with zero attached hydrogens (tertiary/aromatic N) is 2. The van der Waals surface area contributed by atoms with Gasteiger partial charge in [0.15, 0.2) is 6.61 Å². The Morgan fingerprint density at radius 2 is 2.19 bits per heavy atom. The van der Waals surface area contributed by atoms with Crippen molar-refractivity contribution in [3.8, 4) is 27.6 Å². The Balaban J connectivity index is 1.31. The summed E-state index contributed by atoms with van der Waals surface area (Å²) in [5.41, 5.74) is 2.87. The number of aromatic nitrogens is 2. The molecule has 27 heavy (non-hydrogen) atoms. The van der Waals surface area contributed by atoms with Gasteiger partial charge in [-0.3, -0.25) is 0 Å². The molecular formula is C19H12N2O4S2. The predicted octanol–water partition coefficient (Wildman–Crippen LogP) is 4.78. The van der Waals surface area contributed by atoms with Crippen LogP contribution in [0.4, 0.5) is 0 Å². The fourth-order valence-electron chi connectivity index (χ4n) is 2.82. The van der Waals surface area contributed by atoms with Crippen LogP contribution in [0.3, 0.4) is 0 Å². The zero-order valence-electron chi connectivity index (χ0n) is 13.9. The zero-order valence-corrected chi connectivity index (χ0v) is 15.5. The van der Waals surface area contributed by atoms with Crippen LogP contribution < -0.4 is 4.74 Å². The van der Waals surface area contributed by atoms with E-state index in [9.17, 15) is 4.79 Å². The molecule has 6 nitrogen and oxygen atoms in total. The van der Waals surface area contributed by atoms with E-state index in [2.05, 4.69) is 10.1 Å². The maximum Gasteiger partial charge on any atom is 0.348 e. The maximum atomic E-state index is 12.4. The summed E-state index contributed by atoms with van der Waals surface area (Å²) in [5.74, 6) is 1.17. The molecule has 0 atom stereocenters. The normalized spacial score (nSPS) is 12.1. The van der Waals surface area contributed by atoms with E-state index in [1.165, 1.54) is 11.3 Å². The largest absolute Gasteiger partial charge is 0.488 e. The van der Waals surface area contributed by atoms with Crippen LogP contribution in [-0.4, -0.2) is 16.1 Å². The van der Waals surface area contributed by atoms with Crippen LogP contribution in [0.15, 0.2) is 51.7 Å². The summed E-state index contributed by atoms with van der Waals surface area (Å²) < 4.78 is 16.2. The van der Waals surface area contributed by atoms with Gasteiger partial charge in [-0.1, -0.05) is 17.3 Å². The number of para-hydroxylation sites is 1. The maximum absolute atomic E-state index is 12.4. The van der Waals surface area contributed by atoms with E-state index < -0.39 is 5.97 Å². The van der Waals surface area contributed by atoms with Crippen molar-refractivity contribution in [2.24, 2.45) is 0 Å². The van der Waals surface area contributed by atoms with Crippen molar-refractivity contribution in [1.82, 2.24) is 10.1 Å². The third kappa shape index (κ3) is 3.02. The van der Waals surface area contributed by atoms with E-state index in [0.29, 0.717) is 17.3 Å². The lowest BCUT2D eigenvalue weighted by molar-refractivity contribution is 0.0435. The van der Waals surface area contributed by atoms with Gasteiger partial charge in [0.2, 0.25) is 5.82 Å². The van der Waals surface area contributed by atoms with E-state index in [-0.39, 0.29) is 12.5 Å². The number of hydrogen-bond donors (Lipinski definition) is 0. The van der Waals surface area contributed by atoms with Crippen molar-refractivity contribution in [3.05, 3.63) is 63.5 Å². The molecule has 0 N–H and O–H groups in total. The van der Waals surface area contributed by atoms with Gasteiger partial charge in [0.25, 0.3) is 5.89 Å². The Labute approximate surface area is 162 Å². The average Bonchev–Trinajstić information content (AvgIpc) is 3.45. The first-order valence-electron chi connectivity index (χ1n) is 8.15. The number of thiophene rings is 2. The van der Waals surface area contributed by atoms with Crippen LogP contribution in [0.25, 0.3) is 21.8 Å². The predicted molar refractivity (Wildman–Crippen MR) is 101 cm³/mol. The first-order valence-corrected chi connectivity index (χ1v) is 9.91. The van der Waals surface area contributed by atoms with Gasteiger partial charge in [0, 0.05) is 26.9 Å². The van der Waals surface area contributed by atoms with Crippen LogP contribution >= 0.6 is 22.7 Å². The molecule has 0 bridgehead atoms. The second-order valence-corrected chi connectivity index (χ2v) is 7.68. The summed E-state index contributed by atoms with van der Waals surface area (Å²) in [7, 11) is 0. The van der Waals surface area contributed by atoms with Crippen molar-refractivity contribution in [2.75, 3.05) is 0 Å². The van der Waals surface area contributed by atoms with Gasteiger partial charge in [-0.15, -0.1) is 11.3 Å². The molecule has 8 heteroatoms. The van der Waals surface area contributed by atoms with Gasteiger partial charge in [0.05, 0.1) is 0 Å². The molecule has 0 unspecified atom stereocenters. The van der Waals surface area contributed by atoms with Crippen LogP contribution in [0, 0.1) is 0 Å². The van der Waals surface area contributed by atoms with Crippen LogP contribution in [-0.2, 0) is 18.0 Å². The fraction of sp³-hybridized carbons (Fsp3) is 0.105. The first kappa shape index (κ1) is 16.2. The minimum Gasteiger partial charge on any atom is -0.488 e. The number of carbonyl (C=O) groups is 1. The number of esters is 1. The third-order valence-corrected chi connectivity index (χ3v) is 5.97. The summed E-state index contributed by atoms with van der Waals surface area (Å²) in [6.45, 7) is 0.384. The minimum atomic E-state index is -0.415. The monoisotopic (exact) mass is 396 g/mol. The molecule has 4 heterocycles. The lowest BCUT2D eigenvalue weighted by Crippen LogP contribution is -2.04. The van der Waals surface area contributed by atoms with E-state index in [0.717, 1.165) is 27.3 Å². The Hall–Kier alpha value is -2.97. The SMILES string of the molecule is O=C(OCc1nc(-c2ccsc2)no1)c1cc2c(s1)-c1ccccc1OC2. The molecule has 1 aliphatic rings. The third-order valence-electron chi connectivity index (χ3n) is 4.10. The molecule has 0 radical (unpaired) electrons. The molecule has 5 rings (SSSR count). The highest BCUT2D eigenvalue weighted by Crippen LogP contribution is 2.42. The van der Waals surface area contributed by atoms with Crippen molar-refractivity contribution < 1.29 is 18.8 Å². The number of hydrogen-bond acceptors (Lipinski definition) is 8. The summed E-state index contributed by atoms with van der Waals surface area (Å²) >= 11 is 2.96. The van der Waals surface area contributed by atoms with E-state index in [1.807, 2.05) is 47.2 Å². The van der Waals surface area contributed by atoms with Gasteiger partial charge in [-0.25, -0.2) is 4.79 Å². The summed E-state index contributed by atoms with van der Waals surface area (Å²) in [6, 6.07) is 11.5. The summed E-state index contributed by atoms with van der Waals surface area (Å²) in [4.78, 5) is 18.3. The van der Waals surface area contributed by atoms with E-state index in [4.69, 9.17) is 14.0 Å². The van der Waals surface area contributed by atoms with Crippen molar-refractivity contribution in [2.45, 2.75) is 13.2 Å². The summed E-state index contributed by atoms with van der Waals surface area (Å²) in [6.07, 6.45) is 0. The topological polar surface area (TPSA) is 74.5 Å². The number of ether oxygens (including phenoxy) is 2. The number of carbonyl (C=O) groups excluding carboxylic acids is 1. The highest BCUT2D eigenvalue weighted by atomic mass is 32.1. The molecule has 134 valence electrons. The second kappa shape index (κ2) is 6.64. The second-order valence-electron chi connectivity index (χ2n) is 5.85. The number of benzene rings is 1. The molecular weight excluding hydrogens is 384 g/mol. The van der Waals surface area contributed by atoms with Crippen LogP contribution in [0.2, 0.25) is 0 Å². The smallest absolute Gasteiger partial charge is 0.348 e. The van der Waals surface area contributed by atoms with E-state index in [1.54, 1.807) is 11.3 Å². The lowest BCUT2D eigenvalue weighted by atomic mass is 10.1. The molecule has 1 aromatic carbocycles. The highest BCUT2D eigenvalue weighted by Gasteiger charge is 2.23. The van der Waals surface area contributed by atoms with Crippen molar-refractivity contribution >= 4 is 28.6 Å². The Kier molecular flexibility index (Phi) is 3.99. The summed E-state index contributed by atoms with van der Waals surface area (Å²) in [5, 5.41) is 7.77. The molecule has 4 aromatic rings. The highest BCUT2D eigenvalue weighted by molar-refractivity contribution is 7.17. The number of rotatable bonds is 4. The quantitative estimate of drug-likeness (QED) is 0.462. The molecule has 3 aromatic heterocycles. The lowest BCUT2D eigenvalue weighted by Gasteiger charge is -2.16. The van der Waals surface area contributed by atoms with E-state index >= 15 is 0 Å². The Bertz CT molecular complexity index is 1110. The standard InChI is InChI=1S/C19H12N2O4S2/c22-19(24-9-16-20-18(21-25-16)11-5-6-26-10-11)15-7-12-8-23-14-4-2-1-3-13(14)17(12)27-15/h1-7,10H,8-9H2. The minimum absolute atomic E-state index is 0.0639. The van der Waals surface area contributed by atoms with Crippen molar-refractivity contribution in [3.63, 3.8) is 0 Å². The van der Waals surface area contributed by atoms with Gasteiger partial charge >= 0.3 is 5.97 Å². The average molecular weight is 396 g/mol. The molecule has 0 saturated carbocycles. The van der Waals surface area contributed by atoms with Gasteiger partial charge in [-0.05, 0) is 29.6 Å². The first-order chi connectivity index (χ1) is 13.3. The van der Waals surface area contributed by atoms with Gasteiger partial charge < -0.3 is 14.0 Å². The molecule has 0 aliphatic carbocycles.